The van der Waals surface area contributed by atoms with E-state index >= 15 is 4.39 Å². The largest absolute Gasteiger partial charge is 0.348 e. The van der Waals surface area contributed by atoms with E-state index in [0.717, 1.165) is 6.07 Å². The quantitative estimate of drug-likeness (QED) is 0.467. The number of carbonyl (C=O) groups is 1. The van der Waals surface area contributed by atoms with Gasteiger partial charge in [-0.15, -0.1) is 6.58 Å². The third-order valence-corrected chi connectivity index (χ3v) is 6.89. The molecule has 2 atom stereocenters. The van der Waals surface area contributed by atoms with Crippen molar-refractivity contribution >= 4 is 22.6 Å². The number of nitrogens with zero attached hydrogens (tertiary/aromatic N) is 5. The lowest BCUT2D eigenvalue weighted by molar-refractivity contribution is -0.128. The summed E-state index contributed by atoms with van der Waals surface area (Å²) in [5, 5.41) is 0.530. The lowest BCUT2D eigenvalue weighted by Gasteiger charge is -2.30. The first-order valence-corrected chi connectivity index (χ1v) is 11.6. The number of halogens is 3. The molecule has 0 spiro atoms. The Kier molecular flexibility index (Phi) is 6.64. The Bertz CT molecular complexity index is 1410. The summed E-state index contributed by atoms with van der Waals surface area (Å²) in [4.78, 5) is 37.3. The molecule has 1 aliphatic heterocycles. The molecule has 0 radical (unpaired) electrons. The van der Waals surface area contributed by atoms with E-state index in [9.17, 15) is 18.4 Å². The van der Waals surface area contributed by atoms with Crippen LogP contribution in [-0.2, 0) is 10.3 Å². The Labute approximate surface area is 206 Å². The molecule has 1 amide bonds. The van der Waals surface area contributed by atoms with Crippen LogP contribution in [0.2, 0.25) is 0 Å². The van der Waals surface area contributed by atoms with Crippen molar-refractivity contribution in [3.8, 4) is 0 Å². The molecule has 7 nitrogen and oxygen atoms in total. The summed E-state index contributed by atoms with van der Waals surface area (Å²) in [5.74, 6) is -0.281. The van der Waals surface area contributed by atoms with Gasteiger partial charge in [0.15, 0.2) is 0 Å². The number of aromatic nitrogens is 3. The Morgan fingerprint density at radius 1 is 1.28 bits per heavy atom. The van der Waals surface area contributed by atoms with Crippen LogP contribution in [0, 0.1) is 12.7 Å². The van der Waals surface area contributed by atoms with E-state index in [4.69, 9.17) is 0 Å². The van der Waals surface area contributed by atoms with Crippen LogP contribution in [0.3, 0.4) is 0 Å². The van der Waals surface area contributed by atoms with Gasteiger partial charge in [-0.05, 0) is 20.3 Å². The zero-order chi connectivity index (χ0) is 26.4. The van der Waals surface area contributed by atoms with Crippen LogP contribution >= 0.6 is 0 Å². The molecule has 3 heterocycles. The van der Waals surface area contributed by atoms with E-state index in [1.807, 2.05) is 6.92 Å². The van der Waals surface area contributed by atoms with E-state index in [0.29, 0.717) is 42.1 Å². The van der Waals surface area contributed by atoms with Crippen molar-refractivity contribution in [3.05, 3.63) is 76.2 Å². The molecule has 0 aliphatic carbocycles. The molecule has 0 N–H and O–H groups in total. The van der Waals surface area contributed by atoms with Crippen LogP contribution < -0.4 is 10.5 Å². The monoisotopic (exact) mass is 499 g/mol. The first-order valence-electron chi connectivity index (χ1n) is 11.6. The Morgan fingerprint density at radius 2 is 1.97 bits per heavy atom. The first kappa shape index (κ1) is 25.4. The number of anilines is 1. The summed E-state index contributed by atoms with van der Waals surface area (Å²) in [6.07, 6.45) is 0.754. The fourth-order valence-electron chi connectivity index (χ4n) is 4.89. The number of fused-ring (bicyclic) bond motifs is 1. The number of hydrogen-bond donors (Lipinski definition) is 0. The average molecular weight is 500 g/mol. The molecule has 10 heteroatoms. The lowest BCUT2D eigenvalue weighted by atomic mass is 10.00. The third kappa shape index (κ3) is 4.36. The summed E-state index contributed by atoms with van der Waals surface area (Å²) in [6, 6.07) is 4.47. The van der Waals surface area contributed by atoms with Gasteiger partial charge >= 0.3 is 0 Å². The average Bonchev–Trinajstić information content (AvgIpc) is 3.22. The maximum atomic E-state index is 15.0. The standard InChI is InChI=1S/C26H28F3N5O2/c1-6-21(17-8-7-9-18(23(17)27)24(28)29)32(5)25-19-13-34(22(36)12-20(19)30-15(2)31-25)26(4)10-11-33(14-26)16(3)35/h6-9,12-13,21,24H,1,10-11,14H2,2-5H3. The second kappa shape index (κ2) is 9.40. The highest BCUT2D eigenvalue weighted by molar-refractivity contribution is 5.89. The fraction of sp³-hybridized carbons (Fsp3) is 0.385. The number of carbonyl (C=O) groups excluding carboxylic acids is 1. The Balaban J connectivity index is 1.86. The van der Waals surface area contributed by atoms with Crippen molar-refractivity contribution in [1.82, 2.24) is 19.4 Å². The molecular weight excluding hydrogens is 471 g/mol. The zero-order valence-electron chi connectivity index (χ0n) is 20.6. The summed E-state index contributed by atoms with van der Waals surface area (Å²) >= 11 is 0. The molecule has 1 saturated heterocycles. The van der Waals surface area contributed by atoms with Gasteiger partial charge in [-0.25, -0.2) is 23.1 Å². The molecular formula is C26H28F3N5O2. The Hall–Kier alpha value is -3.69. The molecule has 1 fully saturated rings. The van der Waals surface area contributed by atoms with E-state index < -0.39 is 29.4 Å². The van der Waals surface area contributed by atoms with Gasteiger partial charge in [-0.3, -0.25) is 9.59 Å². The van der Waals surface area contributed by atoms with Crippen LogP contribution in [0.4, 0.5) is 19.0 Å². The van der Waals surface area contributed by atoms with Crippen LogP contribution in [0.1, 0.15) is 49.7 Å². The second-order valence-electron chi connectivity index (χ2n) is 9.41. The third-order valence-electron chi connectivity index (χ3n) is 6.89. The summed E-state index contributed by atoms with van der Waals surface area (Å²) in [7, 11) is 1.66. The van der Waals surface area contributed by atoms with Crippen molar-refractivity contribution in [2.75, 3.05) is 25.0 Å². The van der Waals surface area contributed by atoms with Crippen LogP contribution in [0.5, 0.6) is 0 Å². The lowest BCUT2D eigenvalue weighted by Crippen LogP contribution is -2.41. The molecule has 36 heavy (non-hydrogen) atoms. The van der Waals surface area contributed by atoms with Gasteiger partial charge in [0.25, 0.3) is 12.0 Å². The summed E-state index contributed by atoms with van der Waals surface area (Å²) in [5.41, 5.74) is -1.15. The number of likely N-dealkylation sites (tertiary alicyclic amines) is 1. The topological polar surface area (TPSA) is 71.3 Å². The minimum atomic E-state index is -2.96. The molecule has 0 bridgehead atoms. The molecule has 0 saturated carbocycles. The smallest absolute Gasteiger partial charge is 0.266 e. The van der Waals surface area contributed by atoms with Gasteiger partial charge in [-0.2, -0.15) is 0 Å². The van der Waals surface area contributed by atoms with Gasteiger partial charge in [0, 0.05) is 44.9 Å². The van der Waals surface area contributed by atoms with E-state index in [-0.39, 0.29) is 17.0 Å². The number of pyridine rings is 1. The highest BCUT2D eigenvalue weighted by Crippen LogP contribution is 2.35. The number of alkyl halides is 2. The maximum absolute atomic E-state index is 15.0. The highest BCUT2D eigenvalue weighted by Gasteiger charge is 2.37. The van der Waals surface area contributed by atoms with Gasteiger partial charge in [0.1, 0.15) is 17.5 Å². The predicted molar refractivity (Wildman–Crippen MR) is 132 cm³/mol. The van der Waals surface area contributed by atoms with E-state index in [1.54, 1.807) is 34.5 Å². The molecule has 1 aromatic carbocycles. The number of rotatable bonds is 6. The van der Waals surface area contributed by atoms with Crippen molar-refractivity contribution in [3.63, 3.8) is 0 Å². The van der Waals surface area contributed by atoms with E-state index in [1.165, 1.54) is 31.2 Å². The number of amides is 1. The molecule has 2 aromatic heterocycles. The first-order chi connectivity index (χ1) is 17.0. The van der Waals surface area contributed by atoms with Crippen LogP contribution in [0.15, 0.2) is 47.9 Å². The molecule has 3 aromatic rings. The molecule has 190 valence electrons. The van der Waals surface area contributed by atoms with Gasteiger partial charge in [-0.1, -0.05) is 24.3 Å². The summed E-state index contributed by atoms with van der Waals surface area (Å²) < 4.78 is 43.3. The highest BCUT2D eigenvalue weighted by atomic mass is 19.3. The number of likely N-dealkylation sites (N-methyl/N-ethyl adjacent to an activating group) is 1. The molecule has 4 rings (SSSR count). The van der Waals surface area contributed by atoms with Gasteiger partial charge in [0.05, 0.1) is 28.0 Å². The predicted octanol–water partition coefficient (Wildman–Crippen LogP) is 4.51. The number of hydrogen-bond acceptors (Lipinski definition) is 5. The molecule has 1 aliphatic rings. The van der Waals surface area contributed by atoms with Crippen molar-refractivity contribution in [2.24, 2.45) is 0 Å². The number of benzene rings is 1. The number of aryl methyl sites for hydroxylation is 1. The van der Waals surface area contributed by atoms with Crippen molar-refractivity contribution in [2.45, 2.75) is 45.2 Å². The van der Waals surface area contributed by atoms with Crippen LogP contribution in [-0.4, -0.2) is 45.5 Å². The SMILES string of the molecule is C=CC(c1cccc(C(F)F)c1F)N(C)c1nc(C)nc2cc(=O)n(C3(C)CCN(C(C)=O)C3)cc12. The van der Waals surface area contributed by atoms with Gasteiger partial charge < -0.3 is 14.4 Å². The van der Waals surface area contributed by atoms with Gasteiger partial charge in [0.2, 0.25) is 5.91 Å². The van der Waals surface area contributed by atoms with Crippen LogP contribution in [0.25, 0.3) is 10.9 Å². The Morgan fingerprint density at radius 3 is 2.58 bits per heavy atom. The van der Waals surface area contributed by atoms with E-state index in [2.05, 4.69) is 16.5 Å². The minimum Gasteiger partial charge on any atom is -0.348 e. The summed E-state index contributed by atoms with van der Waals surface area (Å²) in [6.45, 7) is 9.80. The maximum Gasteiger partial charge on any atom is 0.266 e. The zero-order valence-corrected chi connectivity index (χ0v) is 20.6. The van der Waals surface area contributed by atoms with Crippen molar-refractivity contribution < 1.29 is 18.0 Å². The molecule has 2 unspecified atom stereocenters. The van der Waals surface area contributed by atoms with Crippen molar-refractivity contribution in [1.29, 1.82) is 0 Å². The fourth-order valence-corrected chi connectivity index (χ4v) is 4.89. The minimum absolute atomic E-state index is 0.0305. The normalized spacial score (nSPS) is 18.6. The second-order valence-corrected chi connectivity index (χ2v) is 9.41.